The van der Waals surface area contributed by atoms with E-state index in [1.807, 2.05) is 16.9 Å². The van der Waals surface area contributed by atoms with Gasteiger partial charge in [-0.05, 0) is 37.7 Å². The van der Waals surface area contributed by atoms with Crippen LogP contribution in [0.25, 0.3) is 0 Å². The Morgan fingerprint density at radius 2 is 2.11 bits per heavy atom. The Morgan fingerprint density at radius 1 is 1.39 bits per heavy atom. The third-order valence-electron chi connectivity index (χ3n) is 5.31. The van der Waals surface area contributed by atoms with Gasteiger partial charge in [0.25, 0.3) is 6.47 Å². The first-order valence-corrected chi connectivity index (χ1v) is 9.20. The van der Waals surface area contributed by atoms with Gasteiger partial charge in [-0.25, -0.2) is 0 Å². The number of amides is 1. The topological polar surface area (TPSA) is 134 Å². The van der Waals surface area contributed by atoms with E-state index in [0.717, 1.165) is 25.9 Å². The molecule has 1 aliphatic carbocycles. The predicted octanol–water partition coefficient (Wildman–Crippen LogP) is 0.763. The number of fused-ring (bicyclic) bond motifs is 1. The second-order valence-electron chi connectivity index (χ2n) is 7.28. The van der Waals surface area contributed by atoms with Gasteiger partial charge >= 0.3 is 0 Å². The van der Waals surface area contributed by atoms with Gasteiger partial charge in [0.1, 0.15) is 5.76 Å². The van der Waals surface area contributed by atoms with Crippen LogP contribution in [0.3, 0.4) is 0 Å². The van der Waals surface area contributed by atoms with Crippen molar-refractivity contribution in [3.05, 3.63) is 30.3 Å². The highest BCUT2D eigenvalue weighted by Crippen LogP contribution is 2.40. The zero-order valence-electron chi connectivity index (χ0n) is 15.6. The standard InChI is InChI=1S/C17H23N5O3.CH2O2/c1-11-5-16(20-25-11)19-17(24)10-21-8-12-6-14(22-4-2-3-18-22)15(23)7-13(12)9-21;2-1-3/h2-5,12-15,23H,6-10H2,1H3,(H,19,20,24);1H,(H,2,3)/t12-,13+,14-,15-;/m1./s1. The summed E-state index contributed by atoms with van der Waals surface area (Å²) in [6, 6.07) is 3.62. The van der Waals surface area contributed by atoms with Crippen LogP contribution in [0.1, 0.15) is 24.6 Å². The molecule has 10 heteroatoms. The number of nitrogens with one attached hydrogen (secondary N) is 1. The number of hydrogen-bond donors (Lipinski definition) is 3. The third kappa shape index (κ3) is 4.76. The Balaban J connectivity index is 0.000000706. The van der Waals surface area contributed by atoms with E-state index in [-0.39, 0.29) is 24.5 Å². The summed E-state index contributed by atoms with van der Waals surface area (Å²) in [5, 5.41) is 28.2. The van der Waals surface area contributed by atoms with Crippen molar-refractivity contribution < 1.29 is 24.3 Å². The van der Waals surface area contributed by atoms with E-state index >= 15 is 0 Å². The average Bonchev–Trinajstić information content (AvgIpc) is 3.36. The molecule has 2 aromatic heterocycles. The number of aliphatic hydroxyl groups excluding tert-OH is 1. The van der Waals surface area contributed by atoms with Crippen LogP contribution in [0.15, 0.2) is 29.0 Å². The highest BCUT2D eigenvalue weighted by atomic mass is 16.5. The number of aryl methyl sites for hydroxylation is 1. The molecule has 152 valence electrons. The number of carbonyl (C=O) groups excluding carboxylic acids is 1. The molecule has 1 aliphatic heterocycles. The van der Waals surface area contributed by atoms with E-state index in [9.17, 15) is 9.90 Å². The molecule has 0 radical (unpaired) electrons. The maximum Gasteiger partial charge on any atom is 0.290 e. The number of hydrogen-bond acceptors (Lipinski definition) is 7. The second-order valence-corrected chi connectivity index (χ2v) is 7.28. The maximum absolute atomic E-state index is 12.2. The third-order valence-corrected chi connectivity index (χ3v) is 5.31. The molecule has 2 fully saturated rings. The summed E-state index contributed by atoms with van der Waals surface area (Å²) < 4.78 is 6.82. The van der Waals surface area contributed by atoms with E-state index in [1.54, 1.807) is 19.2 Å². The minimum absolute atomic E-state index is 0.0307. The summed E-state index contributed by atoms with van der Waals surface area (Å²) >= 11 is 0. The molecule has 0 aromatic carbocycles. The molecule has 28 heavy (non-hydrogen) atoms. The van der Waals surface area contributed by atoms with Crippen LogP contribution in [0, 0.1) is 18.8 Å². The molecule has 1 saturated carbocycles. The van der Waals surface area contributed by atoms with Gasteiger partial charge in [0, 0.05) is 31.5 Å². The molecule has 4 rings (SSSR count). The number of anilines is 1. The fraction of sp³-hybridized carbons (Fsp3) is 0.556. The van der Waals surface area contributed by atoms with Crippen molar-refractivity contribution in [1.29, 1.82) is 0 Å². The fourth-order valence-electron chi connectivity index (χ4n) is 4.21. The van der Waals surface area contributed by atoms with Gasteiger partial charge in [0.15, 0.2) is 5.82 Å². The number of nitrogens with zero attached hydrogens (tertiary/aromatic N) is 4. The number of aromatic nitrogens is 3. The van der Waals surface area contributed by atoms with E-state index < -0.39 is 0 Å². The summed E-state index contributed by atoms with van der Waals surface area (Å²) in [5.41, 5.74) is 0. The molecule has 1 saturated heterocycles. The van der Waals surface area contributed by atoms with Crippen molar-refractivity contribution in [1.82, 2.24) is 19.8 Å². The lowest BCUT2D eigenvalue weighted by atomic mass is 9.77. The first kappa shape index (κ1) is 20.0. The number of aliphatic hydroxyl groups is 1. The zero-order valence-corrected chi connectivity index (χ0v) is 15.6. The van der Waals surface area contributed by atoms with Crippen molar-refractivity contribution in [2.75, 3.05) is 25.0 Å². The van der Waals surface area contributed by atoms with Crippen LogP contribution < -0.4 is 5.32 Å². The SMILES string of the molecule is Cc1cc(NC(=O)CN2C[C@H]3C[C@@H](n4cccn4)[C@H](O)C[C@H]3C2)no1.O=CO. The van der Waals surface area contributed by atoms with Crippen molar-refractivity contribution in [2.24, 2.45) is 11.8 Å². The number of carboxylic acid groups (broad SMARTS) is 1. The smallest absolute Gasteiger partial charge is 0.290 e. The summed E-state index contributed by atoms with van der Waals surface area (Å²) in [6.07, 6.45) is 4.93. The van der Waals surface area contributed by atoms with Crippen LogP contribution in [0.5, 0.6) is 0 Å². The van der Waals surface area contributed by atoms with Crippen LogP contribution in [0.2, 0.25) is 0 Å². The second kappa shape index (κ2) is 8.98. The molecule has 1 amide bonds. The number of rotatable bonds is 4. The van der Waals surface area contributed by atoms with Crippen molar-refractivity contribution in [2.45, 2.75) is 31.9 Å². The molecule has 3 heterocycles. The van der Waals surface area contributed by atoms with E-state index in [2.05, 4.69) is 20.5 Å². The summed E-state index contributed by atoms with van der Waals surface area (Å²) in [7, 11) is 0. The van der Waals surface area contributed by atoms with Gasteiger partial charge < -0.3 is 20.1 Å². The van der Waals surface area contributed by atoms with Gasteiger partial charge in [-0.1, -0.05) is 5.16 Å². The highest BCUT2D eigenvalue weighted by Gasteiger charge is 2.42. The highest BCUT2D eigenvalue weighted by molar-refractivity contribution is 5.91. The minimum Gasteiger partial charge on any atom is -0.483 e. The molecule has 2 aromatic rings. The van der Waals surface area contributed by atoms with E-state index in [0.29, 0.717) is 30.0 Å². The minimum atomic E-state index is -0.381. The summed E-state index contributed by atoms with van der Waals surface area (Å²) in [5.74, 6) is 1.95. The lowest BCUT2D eigenvalue weighted by Gasteiger charge is -2.35. The molecular weight excluding hydrogens is 366 g/mol. The van der Waals surface area contributed by atoms with E-state index in [1.165, 1.54) is 0 Å². The van der Waals surface area contributed by atoms with Gasteiger partial charge in [-0.3, -0.25) is 19.2 Å². The molecule has 4 atom stereocenters. The van der Waals surface area contributed by atoms with Gasteiger partial charge in [-0.15, -0.1) is 0 Å². The van der Waals surface area contributed by atoms with Gasteiger partial charge in [0.05, 0.1) is 18.7 Å². The monoisotopic (exact) mass is 391 g/mol. The Bertz CT molecular complexity index is 777. The normalized spacial score (nSPS) is 26.8. The molecule has 0 spiro atoms. The molecule has 2 aliphatic rings. The molecule has 3 N–H and O–H groups in total. The first-order chi connectivity index (χ1) is 13.5. The van der Waals surface area contributed by atoms with Crippen LogP contribution in [0.4, 0.5) is 5.82 Å². The van der Waals surface area contributed by atoms with Crippen LogP contribution in [-0.4, -0.2) is 68.2 Å². The lowest BCUT2D eigenvalue weighted by molar-refractivity contribution is -0.123. The fourth-order valence-corrected chi connectivity index (χ4v) is 4.21. The van der Waals surface area contributed by atoms with Crippen LogP contribution >= 0.6 is 0 Å². The Labute approximate surface area is 162 Å². The summed E-state index contributed by atoms with van der Waals surface area (Å²) in [4.78, 5) is 22.7. The quantitative estimate of drug-likeness (QED) is 0.651. The predicted molar refractivity (Wildman–Crippen MR) is 98.5 cm³/mol. The van der Waals surface area contributed by atoms with Crippen molar-refractivity contribution >= 4 is 18.2 Å². The summed E-state index contributed by atoms with van der Waals surface area (Å²) in [6.45, 7) is 3.59. The number of likely N-dealkylation sites (tertiary alicyclic amines) is 1. The van der Waals surface area contributed by atoms with Crippen LogP contribution in [-0.2, 0) is 9.59 Å². The Hall–Kier alpha value is -2.72. The van der Waals surface area contributed by atoms with E-state index in [4.69, 9.17) is 14.4 Å². The van der Waals surface area contributed by atoms with Crippen molar-refractivity contribution in [3.63, 3.8) is 0 Å². The number of carbonyl (C=O) groups is 2. The van der Waals surface area contributed by atoms with Gasteiger partial charge in [0.2, 0.25) is 5.91 Å². The zero-order chi connectivity index (χ0) is 20.1. The van der Waals surface area contributed by atoms with Gasteiger partial charge in [-0.2, -0.15) is 5.10 Å². The molecule has 0 unspecified atom stereocenters. The molecule has 10 nitrogen and oxygen atoms in total. The largest absolute Gasteiger partial charge is 0.483 e. The molecular formula is C18H25N5O5. The average molecular weight is 391 g/mol. The Morgan fingerprint density at radius 3 is 2.71 bits per heavy atom. The Kier molecular flexibility index (Phi) is 6.42. The maximum atomic E-state index is 12.2. The first-order valence-electron chi connectivity index (χ1n) is 9.20. The lowest BCUT2D eigenvalue weighted by Crippen LogP contribution is -2.36. The van der Waals surface area contributed by atoms with Crippen molar-refractivity contribution in [3.8, 4) is 0 Å². The molecule has 0 bridgehead atoms.